The van der Waals surface area contributed by atoms with Gasteiger partial charge in [0.25, 0.3) is 0 Å². The summed E-state index contributed by atoms with van der Waals surface area (Å²) in [5.41, 5.74) is 1.16. The highest BCUT2D eigenvalue weighted by atomic mass is 32.2. The Labute approximate surface area is 118 Å². The Morgan fingerprint density at radius 1 is 1.26 bits per heavy atom. The van der Waals surface area contributed by atoms with Gasteiger partial charge in [0.2, 0.25) is 0 Å². The molecule has 0 bridgehead atoms. The van der Waals surface area contributed by atoms with Gasteiger partial charge in [0.1, 0.15) is 0 Å². The lowest BCUT2D eigenvalue weighted by Crippen LogP contribution is -2.22. The van der Waals surface area contributed by atoms with Gasteiger partial charge >= 0.3 is 4.87 Å². The monoisotopic (exact) mass is 303 g/mol. The number of hydrogen-bond acceptors (Lipinski definition) is 4. The largest absolute Gasteiger partial charge is 0.307 e. The van der Waals surface area contributed by atoms with E-state index in [0.29, 0.717) is 13.0 Å². The Hall–Kier alpha value is -0.620. The quantitative estimate of drug-likeness (QED) is 0.836. The summed E-state index contributed by atoms with van der Waals surface area (Å²) in [6.45, 7) is 3.94. The van der Waals surface area contributed by atoms with Crippen molar-refractivity contribution >= 4 is 21.2 Å². The second kappa shape index (κ2) is 5.79. The van der Waals surface area contributed by atoms with Gasteiger partial charge in [-0.2, -0.15) is 0 Å². The fourth-order valence-corrected chi connectivity index (χ4v) is 4.52. The molecule has 1 aromatic rings. The normalized spacial score (nSPS) is 15.7. The standard InChI is InChI=1S/C13H21NO3S2/c1-10(2)19(16,17)9-5-8-14-11-6-3-4-7-12(11)18-13(14)15/h10H,3-9H2,1-2H3. The number of thiazole rings is 1. The molecule has 1 aromatic heterocycles. The maximum atomic E-state index is 11.9. The first-order valence-electron chi connectivity index (χ1n) is 6.85. The topological polar surface area (TPSA) is 56.1 Å². The summed E-state index contributed by atoms with van der Waals surface area (Å²) in [5, 5.41) is -0.333. The molecule has 1 heterocycles. The molecule has 0 saturated carbocycles. The molecular formula is C13H21NO3S2. The zero-order valence-corrected chi connectivity index (χ0v) is 13.1. The lowest BCUT2D eigenvalue weighted by Gasteiger charge is -2.14. The van der Waals surface area contributed by atoms with E-state index >= 15 is 0 Å². The average Bonchev–Trinajstić information content (AvgIpc) is 2.65. The van der Waals surface area contributed by atoms with Gasteiger partial charge in [-0.15, -0.1) is 0 Å². The van der Waals surface area contributed by atoms with Crippen molar-refractivity contribution < 1.29 is 8.42 Å². The molecular weight excluding hydrogens is 282 g/mol. The molecule has 0 N–H and O–H groups in total. The summed E-state index contributed by atoms with van der Waals surface area (Å²) in [6.07, 6.45) is 4.79. The van der Waals surface area contributed by atoms with Crippen LogP contribution in [0.5, 0.6) is 0 Å². The van der Waals surface area contributed by atoms with E-state index in [9.17, 15) is 13.2 Å². The van der Waals surface area contributed by atoms with Crippen LogP contribution in [0.1, 0.15) is 43.7 Å². The maximum absolute atomic E-state index is 11.9. The summed E-state index contributed by atoms with van der Waals surface area (Å²) in [4.78, 5) is 13.2. The molecule has 108 valence electrons. The number of aryl methyl sites for hydroxylation is 1. The van der Waals surface area contributed by atoms with E-state index in [1.54, 1.807) is 18.4 Å². The van der Waals surface area contributed by atoms with Crippen molar-refractivity contribution in [3.05, 3.63) is 20.2 Å². The first kappa shape index (κ1) is 14.8. The fraction of sp³-hybridized carbons (Fsp3) is 0.769. The second-order valence-corrected chi connectivity index (χ2v) is 9.09. The predicted octanol–water partition coefficient (Wildman–Crippen LogP) is 2.00. The van der Waals surface area contributed by atoms with E-state index in [0.717, 1.165) is 31.4 Å². The molecule has 0 spiro atoms. The van der Waals surface area contributed by atoms with Crippen LogP contribution < -0.4 is 4.87 Å². The van der Waals surface area contributed by atoms with Crippen LogP contribution in [0.25, 0.3) is 0 Å². The zero-order valence-electron chi connectivity index (χ0n) is 11.5. The van der Waals surface area contributed by atoms with Crippen molar-refractivity contribution in [2.75, 3.05) is 5.75 Å². The third kappa shape index (κ3) is 3.28. The molecule has 2 rings (SSSR count). The summed E-state index contributed by atoms with van der Waals surface area (Å²) in [7, 11) is -3.00. The second-order valence-electron chi connectivity index (χ2n) is 5.37. The van der Waals surface area contributed by atoms with Crippen LogP contribution in [0.15, 0.2) is 4.79 Å². The lowest BCUT2D eigenvalue weighted by molar-refractivity contribution is 0.565. The summed E-state index contributed by atoms with van der Waals surface area (Å²) < 4.78 is 25.3. The molecule has 1 aliphatic carbocycles. The third-order valence-corrected chi connectivity index (χ3v) is 7.05. The molecule has 1 aliphatic rings. The van der Waals surface area contributed by atoms with E-state index in [-0.39, 0.29) is 15.9 Å². The molecule has 0 fully saturated rings. The van der Waals surface area contributed by atoms with E-state index in [1.165, 1.54) is 16.2 Å². The molecule has 19 heavy (non-hydrogen) atoms. The van der Waals surface area contributed by atoms with Crippen LogP contribution >= 0.6 is 11.3 Å². The van der Waals surface area contributed by atoms with Crippen molar-refractivity contribution in [2.45, 2.75) is 57.7 Å². The molecule has 0 saturated heterocycles. The smallest absolute Gasteiger partial charge is 0.303 e. The highest BCUT2D eigenvalue weighted by Crippen LogP contribution is 2.23. The number of nitrogens with zero attached hydrogens (tertiary/aromatic N) is 1. The fourth-order valence-electron chi connectivity index (χ4n) is 2.41. The first-order valence-corrected chi connectivity index (χ1v) is 9.38. The van der Waals surface area contributed by atoms with Gasteiger partial charge in [-0.3, -0.25) is 4.79 Å². The van der Waals surface area contributed by atoms with Crippen molar-refractivity contribution in [3.63, 3.8) is 0 Å². The lowest BCUT2D eigenvalue weighted by atomic mass is 10.0. The maximum Gasteiger partial charge on any atom is 0.307 e. The van der Waals surface area contributed by atoms with Crippen molar-refractivity contribution in [3.8, 4) is 0 Å². The van der Waals surface area contributed by atoms with E-state index in [2.05, 4.69) is 0 Å². The van der Waals surface area contributed by atoms with Crippen LogP contribution in [0.2, 0.25) is 0 Å². The number of rotatable bonds is 5. The van der Waals surface area contributed by atoms with E-state index < -0.39 is 9.84 Å². The summed E-state index contributed by atoms with van der Waals surface area (Å²) in [5.74, 6) is 0.168. The molecule has 0 amide bonds. The molecule has 6 heteroatoms. The Kier molecular flexibility index (Phi) is 4.50. The van der Waals surface area contributed by atoms with Gasteiger partial charge in [-0.25, -0.2) is 8.42 Å². The molecule has 0 radical (unpaired) electrons. The van der Waals surface area contributed by atoms with E-state index in [4.69, 9.17) is 0 Å². The van der Waals surface area contributed by atoms with Gasteiger partial charge < -0.3 is 4.57 Å². The molecule has 0 aliphatic heterocycles. The predicted molar refractivity (Wildman–Crippen MR) is 78.8 cm³/mol. The summed E-state index contributed by atoms with van der Waals surface area (Å²) >= 11 is 1.34. The number of hydrogen-bond donors (Lipinski definition) is 0. The van der Waals surface area contributed by atoms with Crippen molar-refractivity contribution in [2.24, 2.45) is 0 Å². The summed E-state index contributed by atoms with van der Waals surface area (Å²) in [6, 6.07) is 0. The van der Waals surface area contributed by atoms with Crippen LogP contribution in [0.3, 0.4) is 0 Å². The molecule has 0 atom stereocenters. The number of sulfone groups is 1. The Morgan fingerprint density at radius 2 is 1.95 bits per heavy atom. The van der Waals surface area contributed by atoms with Gasteiger partial charge in [-0.05, 0) is 46.0 Å². The number of fused-ring (bicyclic) bond motifs is 1. The Bertz CT molecular complexity index is 596. The first-order chi connectivity index (χ1) is 8.92. The highest BCUT2D eigenvalue weighted by molar-refractivity contribution is 7.91. The minimum atomic E-state index is -3.00. The minimum absolute atomic E-state index is 0.0776. The molecule has 0 unspecified atom stereocenters. The SMILES string of the molecule is CC(C)S(=O)(=O)CCCn1c2c(sc1=O)CCCC2. The zero-order chi connectivity index (χ0) is 14.0. The van der Waals surface area contributed by atoms with E-state index in [1.807, 2.05) is 0 Å². The van der Waals surface area contributed by atoms with Crippen molar-refractivity contribution in [1.29, 1.82) is 0 Å². The Balaban J connectivity index is 2.05. The molecule has 4 nitrogen and oxygen atoms in total. The third-order valence-electron chi connectivity index (χ3n) is 3.67. The number of aromatic nitrogens is 1. The van der Waals surface area contributed by atoms with Crippen molar-refractivity contribution in [1.82, 2.24) is 4.57 Å². The van der Waals surface area contributed by atoms with Crippen LogP contribution in [-0.4, -0.2) is 24.0 Å². The molecule has 0 aromatic carbocycles. The van der Waals surface area contributed by atoms with Gasteiger partial charge in [0.05, 0.1) is 11.0 Å². The van der Waals surface area contributed by atoms with Gasteiger partial charge in [-0.1, -0.05) is 11.3 Å². The van der Waals surface area contributed by atoms with Crippen LogP contribution in [0.4, 0.5) is 0 Å². The van der Waals surface area contributed by atoms with Gasteiger partial charge in [0, 0.05) is 17.1 Å². The Morgan fingerprint density at radius 3 is 2.63 bits per heavy atom. The highest BCUT2D eigenvalue weighted by Gasteiger charge is 2.19. The van der Waals surface area contributed by atoms with Crippen LogP contribution in [0, 0.1) is 0 Å². The minimum Gasteiger partial charge on any atom is -0.303 e. The average molecular weight is 303 g/mol. The van der Waals surface area contributed by atoms with Crippen LogP contribution in [-0.2, 0) is 29.2 Å². The van der Waals surface area contributed by atoms with Gasteiger partial charge in [0.15, 0.2) is 9.84 Å².